The smallest absolute Gasteiger partial charge is 0.229 e. The SMILES string of the molecule is [B]c1ccc(NS(C)(=O)=O)c2c([B])cccc12. The molecule has 17 heavy (non-hydrogen) atoms. The van der Waals surface area contributed by atoms with Crippen molar-refractivity contribution in [3.05, 3.63) is 30.3 Å². The molecule has 4 radical (unpaired) electrons. The van der Waals surface area contributed by atoms with Gasteiger partial charge in [-0.3, -0.25) is 4.72 Å². The van der Waals surface area contributed by atoms with Crippen molar-refractivity contribution in [2.45, 2.75) is 0 Å². The van der Waals surface area contributed by atoms with Gasteiger partial charge >= 0.3 is 0 Å². The van der Waals surface area contributed by atoms with E-state index in [2.05, 4.69) is 4.72 Å². The lowest BCUT2D eigenvalue weighted by Crippen LogP contribution is -2.16. The Morgan fingerprint density at radius 3 is 2.41 bits per heavy atom. The molecule has 0 aromatic heterocycles. The van der Waals surface area contributed by atoms with Crippen LogP contribution in [0.3, 0.4) is 0 Å². The van der Waals surface area contributed by atoms with Gasteiger partial charge in [-0.2, -0.15) is 0 Å². The molecule has 0 bridgehead atoms. The fraction of sp³-hybridized carbons (Fsp3) is 0.0909. The fourth-order valence-electron chi connectivity index (χ4n) is 1.74. The van der Waals surface area contributed by atoms with Gasteiger partial charge in [0.1, 0.15) is 15.7 Å². The molecule has 0 saturated carbocycles. The van der Waals surface area contributed by atoms with Gasteiger partial charge in [-0.1, -0.05) is 35.2 Å². The molecule has 0 unspecified atom stereocenters. The first-order valence-corrected chi connectivity index (χ1v) is 6.82. The summed E-state index contributed by atoms with van der Waals surface area (Å²) in [5, 5.41) is 1.36. The second kappa shape index (κ2) is 4.11. The van der Waals surface area contributed by atoms with Gasteiger partial charge in [0.05, 0.1) is 11.9 Å². The van der Waals surface area contributed by atoms with E-state index >= 15 is 0 Å². The lowest BCUT2D eigenvalue weighted by molar-refractivity contribution is 0.607. The molecule has 6 heteroatoms. The average molecular weight is 241 g/mol. The predicted molar refractivity (Wildman–Crippen MR) is 73.2 cm³/mol. The third-order valence-corrected chi connectivity index (χ3v) is 2.99. The van der Waals surface area contributed by atoms with Crippen LogP contribution in [0.5, 0.6) is 0 Å². The van der Waals surface area contributed by atoms with E-state index in [0.29, 0.717) is 22.0 Å². The van der Waals surface area contributed by atoms with Gasteiger partial charge in [0.25, 0.3) is 0 Å². The quantitative estimate of drug-likeness (QED) is 0.740. The number of rotatable bonds is 2. The lowest BCUT2D eigenvalue weighted by atomic mass is 9.83. The molecule has 2 aromatic rings. The summed E-state index contributed by atoms with van der Waals surface area (Å²) >= 11 is 0. The third kappa shape index (κ3) is 2.47. The van der Waals surface area contributed by atoms with Gasteiger partial charge < -0.3 is 0 Å². The first-order chi connectivity index (χ1) is 7.88. The summed E-state index contributed by atoms with van der Waals surface area (Å²) in [5.41, 5.74) is 1.49. The van der Waals surface area contributed by atoms with E-state index < -0.39 is 10.0 Å². The monoisotopic (exact) mass is 241 g/mol. The minimum Gasteiger partial charge on any atom is -0.283 e. The van der Waals surface area contributed by atoms with Crippen LogP contribution in [-0.2, 0) is 10.0 Å². The molecule has 0 heterocycles. The number of benzene rings is 2. The largest absolute Gasteiger partial charge is 0.283 e. The zero-order chi connectivity index (χ0) is 12.6. The second-order valence-corrected chi connectivity index (χ2v) is 5.59. The summed E-state index contributed by atoms with van der Waals surface area (Å²) in [6.07, 6.45) is 1.09. The first kappa shape index (κ1) is 12.0. The molecule has 82 valence electrons. The van der Waals surface area contributed by atoms with Gasteiger partial charge in [-0.25, -0.2) is 8.42 Å². The molecule has 0 amide bonds. The summed E-state index contributed by atoms with van der Waals surface area (Å²) in [4.78, 5) is 0. The molecule has 0 fully saturated rings. The van der Waals surface area contributed by atoms with Crippen molar-refractivity contribution in [3.63, 3.8) is 0 Å². The Morgan fingerprint density at radius 2 is 1.76 bits per heavy atom. The van der Waals surface area contributed by atoms with Crippen LogP contribution in [0.4, 0.5) is 5.69 Å². The highest BCUT2D eigenvalue weighted by atomic mass is 32.2. The minimum absolute atomic E-state index is 0.440. The van der Waals surface area contributed by atoms with Crippen LogP contribution in [0.2, 0.25) is 0 Å². The van der Waals surface area contributed by atoms with Gasteiger partial charge in [-0.15, -0.1) is 0 Å². The van der Waals surface area contributed by atoms with E-state index in [4.69, 9.17) is 15.7 Å². The maximum Gasteiger partial charge on any atom is 0.229 e. The average Bonchev–Trinajstić information content (AvgIpc) is 2.21. The molecule has 0 atom stereocenters. The van der Waals surface area contributed by atoms with Gasteiger partial charge in [0, 0.05) is 0 Å². The molecule has 3 nitrogen and oxygen atoms in total. The van der Waals surface area contributed by atoms with E-state index in [0.717, 1.165) is 11.6 Å². The Hall–Kier alpha value is -1.42. The molecule has 2 aromatic carbocycles. The summed E-state index contributed by atoms with van der Waals surface area (Å²) in [6.45, 7) is 0. The van der Waals surface area contributed by atoms with Crippen molar-refractivity contribution in [1.82, 2.24) is 0 Å². The number of sulfonamides is 1. The van der Waals surface area contributed by atoms with Crippen molar-refractivity contribution in [2.75, 3.05) is 11.0 Å². The molecular weight excluding hydrogens is 232 g/mol. The molecule has 0 aliphatic rings. The van der Waals surface area contributed by atoms with Gasteiger partial charge in [0.2, 0.25) is 10.0 Å². The first-order valence-electron chi connectivity index (χ1n) is 4.93. The molecule has 0 spiro atoms. The van der Waals surface area contributed by atoms with Crippen molar-refractivity contribution >= 4 is 53.1 Å². The van der Waals surface area contributed by atoms with Crippen molar-refractivity contribution in [2.24, 2.45) is 0 Å². The number of fused-ring (bicyclic) bond motifs is 1. The van der Waals surface area contributed by atoms with E-state index in [1.807, 2.05) is 0 Å². The standard InChI is InChI=1S/C11H9B2NO2S/c1-17(15,16)14-10-6-5-8(12)7-3-2-4-9(13)11(7)10/h2-6,14H,1H3. The van der Waals surface area contributed by atoms with Crippen LogP contribution in [0.1, 0.15) is 0 Å². The van der Waals surface area contributed by atoms with Crippen LogP contribution < -0.4 is 15.6 Å². The Balaban J connectivity index is 2.77. The van der Waals surface area contributed by atoms with Crippen LogP contribution in [-0.4, -0.2) is 30.4 Å². The topological polar surface area (TPSA) is 46.2 Å². The maximum atomic E-state index is 11.3. The molecule has 0 aliphatic carbocycles. The Kier molecular flexibility index (Phi) is 2.91. The molecular formula is C11H9B2NO2S. The van der Waals surface area contributed by atoms with Crippen LogP contribution in [0.25, 0.3) is 10.8 Å². The van der Waals surface area contributed by atoms with Gasteiger partial charge in [-0.05, 0) is 16.8 Å². The fourth-order valence-corrected chi connectivity index (χ4v) is 2.31. The highest BCUT2D eigenvalue weighted by Gasteiger charge is 2.08. The summed E-state index contributed by atoms with van der Waals surface area (Å²) in [6, 6.07) is 8.53. The number of anilines is 1. The zero-order valence-corrected chi connectivity index (χ0v) is 10.1. The van der Waals surface area contributed by atoms with Gasteiger partial charge in [0.15, 0.2) is 0 Å². The highest BCUT2D eigenvalue weighted by Crippen LogP contribution is 2.20. The molecule has 1 N–H and O–H groups in total. The van der Waals surface area contributed by atoms with E-state index in [-0.39, 0.29) is 0 Å². The number of hydrogen-bond donors (Lipinski definition) is 1. The second-order valence-electron chi connectivity index (χ2n) is 3.85. The Morgan fingerprint density at radius 1 is 1.06 bits per heavy atom. The Bertz CT molecular complexity index is 683. The predicted octanol–water partition coefficient (Wildman–Crippen LogP) is -0.201. The third-order valence-electron chi connectivity index (χ3n) is 2.40. The van der Waals surface area contributed by atoms with Crippen LogP contribution in [0.15, 0.2) is 30.3 Å². The van der Waals surface area contributed by atoms with Crippen molar-refractivity contribution in [1.29, 1.82) is 0 Å². The summed E-state index contributed by atoms with van der Waals surface area (Å²) in [5.74, 6) is 0. The highest BCUT2D eigenvalue weighted by molar-refractivity contribution is 7.92. The minimum atomic E-state index is -3.34. The van der Waals surface area contributed by atoms with E-state index in [1.165, 1.54) is 0 Å². The lowest BCUT2D eigenvalue weighted by Gasteiger charge is -2.12. The normalized spacial score (nSPS) is 11.6. The molecule has 0 aliphatic heterocycles. The maximum absolute atomic E-state index is 11.3. The van der Waals surface area contributed by atoms with Crippen LogP contribution >= 0.6 is 0 Å². The van der Waals surface area contributed by atoms with Crippen LogP contribution in [0, 0.1) is 0 Å². The summed E-state index contributed by atoms with van der Waals surface area (Å²) < 4.78 is 24.9. The Labute approximate surface area is 103 Å². The number of hydrogen-bond acceptors (Lipinski definition) is 2. The van der Waals surface area contributed by atoms with Crippen molar-refractivity contribution in [3.8, 4) is 0 Å². The van der Waals surface area contributed by atoms with E-state index in [9.17, 15) is 8.42 Å². The van der Waals surface area contributed by atoms with E-state index in [1.54, 1.807) is 30.3 Å². The summed E-state index contributed by atoms with van der Waals surface area (Å²) in [7, 11) is 8.33. The zero-order valence-electron chi connectivity index (χ0n) is 9.27. The molecule has 0 saturated heterocycles. The number of nitrogens with one attached hydrogen (secondary N) is 1. The van der Waals surface area contributed by atoms with Crippen molar-refractivity contribution < 1.29 is 8.42 Å². The molecule has 2 rings (SSSR count).